The zero-order valence-electron chi connectivity index (χ0n) is 14.3. The molecule has 2 aromatic carbocycles. The third kappa shape index (κ3) is 3.16. The minimum atomic E-state index is -0.246. The normalized spacial score (nSPS) is 14.0. The van der Waals surface area contributed by atoms with Crippen LogP contribution in [0.4, 0.5) is 4.39 Å². The summed E-state index contributed by atoms with van der Waals surface area (Å²) in [6.07, 6.45) is 2.36. The van der Waals surface area contributed by atoms with E-state index in [2.05, 4.69) is 4.98 Å². The molecule has 3 aromatic rings. The van der Waals surface area contributed by atoms with Gasteiger partial charge in [0.1, 0.15) is 5.82 Å². The van der Waals surface area contributed by atoms with Crippen LogP contribution in [0, 0.1) is 12.7 Å². The van der Waals surface area contributed by atoms with Crippen molar-refractivity contribution in [3.8, 4) is 0 Å². The van der Waals surface area contributed by atoms with Crippen molar-refractivity contribution in [2.24, 2.45) is 0 Å². The van der Waals surface area contributed by atoms with E-state index in [4.69, 9.17) is 0 Å². The molecule has 0 spiro atoms. The number of aromatic amines is 1. The van der Waals surface area contributed by atoms with E-state index < -0.39 is 0 Å². The lowest BCUT2D eigenvalue weighted by Gasteiger charge is -2.23. The van der Waals surface area contributed by atoms with Gasteiger partial charge in [-0.15, -0.1) is 0 Å². The van der Waals surface area contributed by atoms with E-state index in [1.54, 1.807) is 12.1 Å². The first-order valence-corrected chi connectivity index (χ1v) is 8.72. The topological polar surface area (TPSA) is 36.1 Å². The number of aryl methyl sites for hydroxylation is 1. The molecule has 0 radical (unpaired) electrons. The van der Waals surface area contributed by atoms with Crippen LogP contribution in [0.15, 0.2) is 48.5 Å². The third-order valence-electron chi connectivity index (χ3n) is 4.96. The molecule has 1 N–H and O–H groups in total. The third-order valence-corrected chi connectivity index (χ3v) is 4.96. The Morgan fingerprint density at radius 1 is 1.16 bits per heavy atom. The SMILES string of the molecule is Cc1[nH]c2ccccc2c1CC(=O)N(Cc1ccccc1F)C1CC1. The van der Waals surface area contributed by atoms with Crippen LogP contribution in [0.1, 0.15) is 29.7 Å². The Morgan fingerprint density at radius 3 is 2.64 bits per heavy atom. The van der Waals surface area contributed by atoms with Gasteiger partial charge in [-0.2, -0.15) is 0 Å². The van der Waals surface area contributed by atoms with Crippen molar-refractivity contribution in [2.75, 3.05) is 0 Å². The molecule has 3 nitrogen and oxygen atoms in total. The van der Waals surface area contributed by atoms with Crippen LogP contribution >= 0.6 is 0 Å². The number of para-hydroxylation sites is 1. The van der Waals surface area contributed by atoms with Crippen molar-refractivity contribution < 1.29 is 9.18 Å². The molecular weight excluding hydrogens is 315 g/mol. The molecule has 1 fully saturated rings. The van der Waals surface area contributed by atoms with Crippen molar-refractivity contribution in [1.29, 1.82) is 0 Å². The number of nitrogens with one attached hydrogen (secondary N) is 1. The van der Waals surface area contributed by atoms with Crippen LogP contribution in [0.25, 0.3) is 10.9 Å². The van der Waals surface area contributed by atoms with E-state index in [1.807, 2.05) is 42.2 Å². The summed E-state index contributed by atoms with van der Waals surface area (Å²) in [5.74, 6) is -0.178. The lowest BCUT2D eigenvalue weighted by Crippen LogP contribution is -2.34. The van der Waals surface area contributed by atoms with Gasteiger partial charge < -0.3 is 9.88 Å². The Morgan fingerprint density at radius 2 is 1.88 bits per heavy atom. The molecular formula is C21H21FN2O. The Labute approximate surface area is 146 Å². The Balaban J connectivity index is 1.59. The fourth-order valence-corrected chi connectivity index (χ4v) is 3.43. The highest BCUT2D eigenvalue weighted by molar-refractivity contribution is 5.90. The maximum atomic E-state index is 14.0. The molecule has 128 valence electrons. The second-order valence-corrected chi connectivity index (χ2v) is 6.80. The molecule has 0 saturated heterocycles. The number of H-pyrrole nitrogens is 1. The highest BCUT2D eigenvalue weighted by atomic mass is 19.1. The van der Waals surface area contributed by atoms with Crippen molar-refractivity contribution in [1.82, 2.24) is 9.88 Å². The summed E-state index contributed by atoms with van der Waals surface area (Å²) in [6, 6.07) is 15.0. The van der Waals surface area contributed by atoms with Gasteiger partial charge in [-0.05, 0) is 37.5 Å². The van der Waals surface area contributed by atoms with Gasteiger partial charge in [0, 0.05) is 34.7 Å². The van der Waals surface area contributed by atoms with Crippen LogP contribution < -0.4 is 0 Å². The van der Waals surface area contributed by atoms with E-state index >= 15 is 0 Å². The van der Waals surface area contributed by atoms with Crippen molar-refractivity contribution in [2.45, 2.75) is 38.8 Å². The summed E-state index contributed by atoms with van der Waals surface area (Å²) in [6.45, 7) is 2.35. The van der Waals surface area contributed by atoms with Gasteiger partial charge in [-0.3, -0.25) is 4.79 Å². The van der Waals surface area contributed by atoms with E-state index in [1.165, 1.54) is 6.07 Å². The zero-order chi connectivity index (χ0) is 17.4. The second-order valence-electron chi connectivity index (χ2n) is 6.80. The van der Waals surface area contributed by atoms with E-state index in [0.29, 0.717) is 18.5 Å². The Bertz CT molecular complexity index is 927. The number of benzene rings is 2. The number of aromatic nitrogens is 1. The zero-order valence-corrected chi connectivity index (χ0v) is 14.3. The molecule has 1 aliphatic rings. The Kier molecular flexibility index (Phi) is 4.04. The summed E-state index contributed by atoms with van der Waals surface area (Å²) in [5.41, 5.74) is 3.70. The standard InChI is InChI=1S/C21H21FN2O/c1-14-18(17-7-3-5-9-20(17)23-14)12-21(25)24(16-10-11-16)13-15-6-2-4-8-19(15)22/h2-9,16,23H,10-13H2,1H3. The lowest BCUT2D eigenvalue weighted by molar-refractivity contribution is -0.131. The number of carbonyl (C=O) groups is 1. The van der Waals surface area contributed by atoms with E-state index in [9.17, 15) is 9.18 Å². The number of fused-ring (bicyclic) bond motifs is 1. The van der Waals surface area contributed by atoms with Crippen molar-refractivity contribution in [3.05, 3.63) is 71.2 Å². The van der Waals surface area contributed by atoms with Gasteiger partial charge in [-0.25, -0.2) is 4.39 Å². The number of hydrogen-bond acceptors (Lipinski definition) is 1. The predicted molar refractivity (Wildman–Crippen MR) is 96.7 cm³/mol. The van der Waals surface area contributed by atoms with Crippen LogP contribution in [0.2, 0.25) is 0 Å². The number of rotatable bonds is 5. The molecule has 0 bridgehead atoms. The van der Waals surface area contributed by atoms with E-state index in [-0.39, 0.29) is 17.8 Å². The predicted octanol–water partition coefficient (Wildman–Crippen LogP) is 4.35. The average molecular weight is 336 g/mol. The first kappa shape index (κ1) is 15.9. The van der Waals surface area contributed by atoms with Gasteiger partial charge in [0.25, 0.3) is 0 Å². The molecule has 25 heavy (non-hydrogen) atoms. The van der Waals surface area contributed by atoms with Crippen molar-refractivity contribution >= 4 is 16.8 Å². The van der Waals surface area contributed by atoms with Crippen LogP contribution in [-0.4, -0.2) is 21.8 Å². The van der Waals surface area contributed by atoms with Crippen molar-refractivity contribution in [3.63, 3.8) is 0 Å². The molecule has 4 rings (SSSR count). The maximum absolute atomic E-state index is 14.0. The maximum Gasteiger partial charge on any atom is 0.227 e. The smallest absolute Gasteiger partial charge is 0.227 e. The fraction of sp³-hybridized carbons (Fsp3) is 0.286. The van der Waals surface area contributed by atoms with Crippen LogP contribution in [0.3, 0.4) is 0 Å². The van der Waals surface area contributed by atoms with Gasteiger partial charge in [-0.1, -0.05) is 36.4 Å². The monoisotopic (exact) mass is 336 g/mol. The minimum Gasteiger partial charge on any atom is -0.358 e. The van der Waals surface area contributed by atoms with Crippen LogP contribution in [-0.2, 0) is 17.8 Å². The van der Waals surface area contributed by atoms with E-state index in [0.717, 1.165) is 35.0 Å². The molecule has 1 amide bonds. The van der Waals surface area contributed by atoms with Crippen LogP contribution in [0.5, 0.6) is 0 Å². The summed E-state index contributed by atoms with van der Waals surface area (Å²) < 4.78 is 14.0. The summed E-state index contributed by atoms with van der Waals surface area (Å²) in [7, 11) is 0. The summed E-state index contributed by atoms with van der Waals surface area (Å²) in [5, 5.41) is 1.09. The minimum absolute atomic E-state index is 0.0682. The molecule has 1 aliphatic carbocycles. The first-order chi connectivity index (χ1) is 12.1. The highest BCUT2D eigenvalue weighted by Gasteiger charge is 2.33. The van der Waals surface area contributed by atoms with Gasteiger partial charge in [0.15, 0.2) is 0 Å². The molecule has 0 unspecified atom stereocenters. The molecule has 1 heterocycles. The fourth-order valence-electron chi connectivity index (χ4n) is 3.43. The number of amides is 1. The average Bonchev–Trinajstić information content (AvgIpc) is 3.39. The first-order valence-electron chi connectivity index (χ1n) is 8.72. The number of hydrogen-bond donors (Lipinski definition) is 1. The lowest BCUT2D eigenvalue weighted by atomic mass is 10.1. The number of halogens is 1. The Hall–Kier alpha value is -2.62. The quantitative estimate of drug-likeness (QED) is 0.739. The molecule has 1 aromatic heterocycles. The molecule has 4 heteroatoms. The largest absolute Gasteiger partial charge is 0.358 e. The van der Waals surface area contributed by atoms with Gasteiger partial charge in [0.2, 0.25) is 5.91 Å². The number of carbonyl (C=O) groups excluding carboxylic acids is 1. The van der Waals surface area contributed by atoms with Gasteiger partial charge in [0.05, 0.1) is 6.42 Å². The summed E-state index contributed by atoms with van der Waals surface area (Å²) >= 11 is 0. The number of nitrogens with zero attached hydrogens (tertiary/aromatic N) is 1. The van der Waals surface area contributed by atoms with Gasteiger partial charge >= 0.3 is 0 Å². The second kappa shape index (κ2) is 6.36. The molecule has 0 atom stereocenters. The molecule has 1 saturated carbocycles. The summed E-state index contributed by atoms with van der Waals surface area (Å²) in [4.78, 5) is 18.2. The molecule has 0 aliphatic heterocycles. The highest BCUT2D eigenvalue weighted by Crippen LogP contribution is 2.30.